The van der Waals surface area contributed by atoms with E-state index in [0.717, 1.165) is 12.5 Å². The van der Waals surface area contributed by atoms with Crippen LogP contribution in [0.4, 0.5) is 0 Å². The summed E-state index contributed by atoms with van der Waals surface area (Å²) in [4.78, 5) is 31.5. The lowest BCUT2D eigenvalue weighted by Crippen LogP contribution is -2.11. The lowest BCUT2D eigenvalue weighted by atomic mass is 10.0. The van der Waals surface area contributed by atoms with Crippen molar-refractivity contribution in [3.05, 3.63) is 108 Å². The number of hydrogen-bond acceptors (Lipinski definition) is 4. The van der Waals surface area contributed by atoms with Gasteiger partial charge in [-0.1, -0.05) is 91.0 Å². The van der Waals surface area contributed by atoms with Gasteiger partial charge in [0.15, 0.2) is 11.6 Å². The van der Waals surface area contributed by atoms with Gasteiger partial charge in [0.2, 0.25) is 0 Å². The van der Waals surface area contributed by atoms with Crippen molar-refractivity contribution in [2.24, 2.45) is 0 Å². The molecule has 0 amide bonds. The highest BCUT2D eigenvalue weighted by atomic mass is 16.4. The van der Waals surface area contributed by atoms with Crippen LogP contribution >= 0.6 is 0 Å². The van der Waals surface area contributed by atoms with Gasteiger partial charge < -0.3 is 10.2 Å². The number of carboxylic acid groups (broad SMARTS) is 1. The van der Waals surface area contributed by atoms with Gasteiger partial charge in [0.25, 0.3) is 5.97 Å². The number of rotatable bonds is 4. The third-order valence-electron chi connectivity index (χ3n) is 3.60. The lowest BCUT2D eigenvalue weighted by molar-refractivity contribution is -0.134. The highest BCUT2D eigenvalue weighted by Crippen LogP contribution is 2.17. The van der Waals surface area contributed by atoms with Crippen molar-refractivity contribution in [3.63, 3.8) is 0 Å². The zero-order valence-electron chi connectivity index (χ0n) is 16.4. The van der Waals surface area contributed by atoms with Crippen LogP contribution in [0.2, 0.25) is 0 Å². The fourth-order valence-electron chi connectivity index (χ4n) is 2.22. The second-order valence-corrected chi connectivity index (χ2v) is 5.98. The fraction of sp³-hybridized carbons (Fsp3) is 0.125. The molecule has 150 valence electrons. The standard InChI is InChI=1S/C14H12O2.C8H8O.C2H4O2/c15-13(11-7-3-1-4-8-11)14(16)12-9-5-2-6-10-12;1-7(9)8-5-3-2-4-6-8;1-2(3)4/h1-10,13,15H;2-6H,1H3;1H3,(H,3,4). The molecule has 1 unspecified atom stereocenters. The quantitative estimate of drug-likeness (QED) is 0.634. The Bertz CT molecular complexity index is 886. The van der Waals surface area contributed by atoms with Crippen LogP contribution in [0.25, 0.3) is 0 Å². The molecule has 0 aromatic heterocycles. The summed E-state index contributed by atoms with van der Waals surface area (Å²) in [6, 6.07) is 27.0. The second-order valence-electron chi connectivity index (χ2n) is 5.98. The predicted molar refractivity (Wildman–Crippen MR) is 112 cm³/mol. The number of benzene rings is 3. The van der Waals surface area contributed by atoms with Gasteiger partial charge in [-0.25, -0.2) is 0 Å². The molecular formula is C24H24O5. The topological polar surface area (TPSA) is 91.7 Å². The van der Waals surface area contributed by atoms with Crippen molar-refractivity contribution < 1.29 is 24.6 Å². The number of aliphatic hydroxyl groups excluding tert-OH is 1. The number of carboxylic acids is 1. The number of ketones is 2. The number of carbonyl (C=O) groups is 3. The molecule has 2 N–H and O–H groups in total. The number of aliphatic carboxylic acids is 1. The van der Waals surface area contributed by atoms with E-state index >= 15 is 0 Å². The molecule has 3 aromatic carbocycles. The van der Waals surface area contributed by atoms with E-state index in [9.17, 15) is 14.7 Å². The van der Waals surface area contributed by atoms with Crippen LogP contribution in [0.1, 0.15) is 46.2 Å². The number of hydrogen-bond donors (Lipinski definition) is 2. The summed E-state index contributed by atoms with van der Waals surface area (Å²) < 4.78 is 0. The first-order valence-electron chi connectivity index (χ1n) is 8.90. The highest BCUT2D eigenvalue weighted by Gasteiger charge is 2.18. The normalized spacial score (nSPS) is 10.3. The summed E-state index contributed by atoms with van der Waals surface area (Å²) in [5.74, 6) is -0.984. The van der Waals surface area contributed by atoms with Crippen LogP contribution < -0.4 is 0 Å². The molecule has 0 saturated heterocycles. The average molecular weight is 392 g/mol. The molecule has 0 fully saturated rings. The van der Waals surface area contributed by atoms with E-state index in [-0.39, 0.29) is 11.6 Å². The Morgan fingerprint density at radius 3 is 1.34 bits per heavy atom. The van der Waals surface area contributed by atoms with Gasteiger partial charge in [0, 0.05) is 18.1 Å². The Morgan fingerprint density at radius 2 is 1.00 bits per heavy atom. The molecule has 3 rings (SSSR count). The van der Waals surface area contributed by atoms with Crippen molar-refractivity contribution in [3.8, 4) is 0 Å². The molecule has 0 bridgehead atoms. The maximum Gasteiger partial charge on any atom is 0.300 e. The van der Waals surface area contributed by atoms with Gasteiger partial charge in [-0.3, -0.25) is 14.4 Å². The van der Waals surface area contributed by atoms with E-state index in [4.69, 9.17) is 9.90 Å². The predicted octanol–water partition coefficient (Wildman–Crippen LogP) is 4.58. The molecule has 3 aromatic rings. The van der Waals surface area contributed by atoms with Gasteiger partial charge in [0.05, 0.1) is 0 Å². The van der Waals surface area contributed by atoms with E-state index in [0.29, 0.717) is 11.1 Å². The summed E-state index contributed by atoms with van der Waals surface area (Å²) in [6.45, 7) is 2.65. The van der Waals surface area contributed by atoms with E-state index < -0.39 is 12.1 Å². The van der Waals surface area contributed by atoms with Crippen LogP contribution in [0.5, 0.6) is 0 Å². The molecule has 29 heavy (non-hydrogen) atoms. The van der Waals surface area contributed by atoms with Crippen molar-refractivity contribution in [1.82, 2.24) is 0 Å². The smallest absolute Gasteiger partial charge is 0.300 e. The summed E-state index contributed by atoms with van der Waals surface area (Å²) in [7, 11) is 0. The number of Topliss-reactive ketones (excluding diaryl/α,β-unsaturated/α-hetero) is 2. The molecule has 5 nitrogen and oxygen atoms in total. The first-order chi connectivity index (χ1) is 13.8. The second kappa shape index (κ2) is 12.8. The van der Waals surface area contributed by atoms with E-state index in [1.165, 1.54) is 0 Å². The molecule has 0 aliphatic carbocycles. The minimum absolute atomic E-state index is 0.121. The SMILES string of the molecule is CC(=O)O.CC(=O)c1ccccc1.O=C(c1ccccc1)C(O)c1ccccc1. The molecule has 0 saturated carbocycles. The minimum atomic E-state index is -1.08. The number of aliphatic hydroxyl groups is 1. The van der Waals surface area contributed by atoms with Crippen LogP contribution in [0.15, 0.2) is 91.0 Å². The zero-order valence-corrected chi connectivity index (χ0v) is 16.4. The van der Waals surface area contributed by atoms with Crippen LogP contribution in [0, 0.1) is 0 Å². The van der Waals surface area contributed by atoms with Gasteiger partial charge in [-0.15, -0.1) is 0 Å². The Morgan fingerprint density at radius 1 is 0.655 bits per heavy atom. The van der Waals surface area contributed by atoms with E-state index in [1.54, 1.807) is 55.5 Å². The first-order valence-corrected chi connectivity index (χ1v) is 8.90. The Balaban J connectivity index is 0.000000272. The van der Waals surface area contributed by atoms with Gasteiger partial charge in [0.1, 0.15) is 6.10 Å². The summed E-state index contributed by atoms with van der Waals surface area (Å²) in [6.07, 6.45) is -1.08. The van der Waals surface area contributed by atoms with Crippen molar-refractivity contribution in [1.29, 1.82) is 0 Å². The third kappa shape index (κ3) is 9.26. The maximum absolute atomic E-state index is 11.9. The molecular weight excluding hydrogens is 368 g/mol. The first kappa shape index (κ1) is 23.5. The fourth-order valence-corrected chi connectivity index (χ4v) is 2.22. The Hall–Kier alpha value is -3.57. The third-order valence-corrected chi connectivity index (χ3v) is 3.60. The van der Waals surface area contributed by atoms with Gasteiger partial charge >= 0.3 is 0 Å². The van der Waals surface area contributed by atoms with Crippen LogP contribution in [-0.2, 0) is 4.79 Å². The highest BCUT2D eigenvalue weighted by molar-refractivity contribution is 5.99. The van der Waals surface area contributed by atoms with Gasteiger partial charge in [-0.05, 0) is 12.5 Å². The van der Waals surface area contributed by atoms with Crippen molar-refractivity contribution in [2.45, 2.75) is 20.0 Å². The molecule has 0 aliphatic rings. The van der Waals surface area contributed by atoms with Crippen molar-refractivity contribution in [2.75, 3.05) is 0 Å². The number of carbonyl (C=O) groups excluding carboxylic acids is 2. The van der Waals surface area contributed by atoms with Crippen LogP contribution in [-0.4, -0.2) is 27.7 Å². The summed E-state index contributed by atoms with van der Waals surface area (Å²) in [5, 5.41) is 17.3. The molecule has 0 aliphatic heterocycles. The van der Waals surface area contributed by atoms with Crippen molar-refractivity contribution >= 4 is 17.5 Å². The molecule has 1 atom stereocenters. The molecule has 5 heteroatoms. The summed E-state index contributed by atoms with van der Waals surface area (Å²) >= 11 is 0. The molecule has 0 radical (unpaired) electrons. The largest absolute Gasteiger partial charge is 0.481 e. The maximum atomic E-state index is 11.9. The lowest BCUT2D eigenvalue weighted by Gasteiger charge is -2.09. The summed E-state index contributed by atoms with van der Waals surface area (Å²) in [5.41, 5.74) is 1.92. The molecule has 0 heterocycles. The van der Waals surface area contributed by atoms with E-state index in [2.05, 4.69) is 0 Å². The van der Waals surface area contributed by atoms with Crippen LogP contribution in [0.3, 0.4) is 0 Å². The van der Waals surface area contributed by atoms with E-state index in [1.807, 2.05) is 42.5 Å². The Kier molecular flexibility index (Phi) is 10.3. The average Bonchev–Trinajstić information content (AvgIpc) is 2.74. The minimum Gasteiger partial charge on any atom is -0.481 e. The zero-order chi connectivity index (χ0) is 21.6. The van der Waals surface area contributed by atoms with Gasteiger partial charge in [-0.2, -0.15) is 0 Å². The monoisotopic (exact) mass is 392 g/mol. The Labute approximate surface area is 170 Å². The molecule has 0 spiro atoms.